The first-order valence-corrected chi connectivity index (χ1v) is 6.83. The predicted molar refractivity (Wildman–Crippen MR) is 79.7 cm³/mol. The van der Waals surface area contributed by atoms with E-state index in [1.54, 1.807) is 4.68 Å². The first-order valence-electron chi connectivity index (χ1n) is 6.83. The molecule has 0 atom stereocenters. The van der Waals surface area contributed by atoms with Crippen LogP contribution in [0.15, 0.2) is 29.1 Å². The molecule has 0 unspecified atom stereocenters. The van der Waals surface area contributed by atoms with Crippen LogP contribution in [-0.4, -0.2) is 9.78 Å². The normalized spacial score (nSPS) is 11.5. The molecule has 2 aromatic rings. The van der Waals surface area contributed by atoms with Gasteiger partial charge >= 0.3 is 0 Å². The van der Waals surface area contributed by atoms with Gasteiger partial charge in [-0.15, -0.1) is 0 Å². The maximum atomic E-state index is 12.5. The van der Waals surface area contributed by atoms with E-state index in [1.165, 1.54) is 5.56 Å². The van der Waals surface area contributed by atoms with Crippen molar-refractivity contribution in [3.8, 4) is 11.3 Å². The highest BCUT2D eigenvalue weighted by Gasteiger charge is 2.19. The van der Waals surface area contributed by atoms with E-state index < -0.39 is 0 Å². The summed E-state index contributed by atoms with van der Waals surface area (Å²) in [7, 11) is 0. The topological polar surface area (TPSA) is 37.8 Å². The summed E-state index contributed by atoms with van der Waals surface area (Å²) in [4.78, 5) is 12.5. The first-order chi connectivity index (χ1) is 8.91. The average molecular weight is 258 g/mol. The second kappa shape index (κ2) is 5.08. The van der Waals surface area contributed by atoms with E-state index in [0.29, 0.717) is 0 Å². The molecule has 102 valence electrons. The van der Waals surface area contributed by atoms with Gasteiger partial charge in [0.15, 0.2) is 0 Å². The minimum atomic E-state index is 0.0986. The Balaban J connectivity index is 2.69. The Morgan fingerprint density at radius 1 is 1.16 bits per heavy atom. The van der Waals surface area contributed by atoms with Gasteiger partial charge < -0.3 is 0 Å². The van der Waals surface area contributed by atoms with Crippen molar-refractivity contribution in [1.29, 1.82) is 0 Å². The van der Waals surface area contributed by atoms with Gasteiger partial charge in [0.25, 0.3) is 5.56 Å². The highest BCUT2D eigenvalue weighted by Crippen LogP contribution is 2.26. The Morgan fingerprint density at radius 3 is 2.37 bits per heavy atom. The zero-order valence-corrected chi connectivity index (χ0v) is 12.3. The zero-order chi connectivity index (χ0) is 14.2. The number of H-pyrrole nitrogens is 1. The first kappa shape index (κ1) is 13.7. The molecule has 0 amide bonds. The highest BCUT2D eigenvalue weighted by molar-refractivity contribution is 5.64. The average Bonchev–Trinajstić information content (AvgIpc) is 2.67. The lowest BCUT2D eigenvalue weighted by Crippen LogP contribution is -2.21. The lowest BCUT2D eigenvalue weighted by Gasteiger charge is -2.06. The largest absolute Gasteiger partial charge is 0.294 e. The molecule has 0 radical (unpaired) electrons. The molecule has 1 N–H and O–H groups in total. The molecule has 0 aliphatic heterocycles. The third kappa shape index (κ3) is 2.50. The van der Waals surface area contributed by atoms with Crippen LogP contribution < -0.4 is 5.56 Å². The van der Waals surface area contributed by atoms with E-state index in [1.807, 2.05) is 19.9 Å². The fraction of sp³-hybridized carbons (Fsp3) is 0.438. The van der Waals surface area contributed by atoms with Gasteiger partial charge in [0.05, 0.1) is 5.69 Å². The Hall–Kier alpha value is -1.77. The molecule has 3 heteroatoms. The van der Waals surface area contributed by atoms with Crippen molar-refractivity contribution in [3.05, 3.63) is 45.7 Å². The summed E-state index contributed by atoms with van der Waals surface area (Å²) in [5, 5.41) is 3.28. The van der Waals surface area contributed by atoms with Crippen LogP contribution >= 0.6 is 0 Å². The molecule has 2 rings (SSSR count). The number of rotatable bonds is 3. The fourth-order valence-electron chi connectivity index (χ4n) is 2.39. The lowest BCUT2D eigenvalue weighted by atomic mass is 9.98. The van der Waals surface area contributed by atoms with Gasteiger partial charge in [-0.2, -0.15) is 0 Å². The lowest BCUT2D eigenvalue weighted by molar-refractivity contribution is 0.516. The number of aryl methyl sites for hydroxylation is 1. The van der Waals surface area contributed by atoms with E-state index in [-0.39, 0.29) is 17.5 Å². The van der Waals surface area contributed by atoms with E-state index in [0.717, 1.165) is 16.8 Å². The summed E-state index contributed by atoms with van der Waals surface area (Å²) in [5.41, 5.74) is 4.21. The van der Waals surface area contributed by atoms with E-state index >= 15 is 0 Å². The van der Waals surface area contributed by atoms with Crippen LogP contribution in [0.25, 0.3) is 11.3 Å². The van der Waals surface area contributed by atoms with E-state index in [2.05, 4.69) is 44.1 Å². The molecule has 0 aliphatic carbocycles. The van der Waals surface area contributed by atoms with Gasteiger partial charge in [-0.25, -0.2) is 4.68 Å². The van der Waals surface area contributed by atoms with Crippen molar-refractivity contribution < 1.29 is 0 Å². The van der Waals surface area contributed by atoms with Crippen molar-refractivity contribution >= 4 is 0 Å². The molecule has 0 fully saturated rings. The number of hydrogen-bond donors (Lipinski definition) is 1. The van der Waals surface area contributed by atoms with Crippen LogP contribution in [0.3, 0.4) is 0 Å². The van der Waals surface area contributed by atoms with Crippen LogP contribution in [0.1, 0.15) is 50.8 Å². The maximum absolute atomic E-state index is 12.5. The number of nitrogens with zero attached hydrogens (tertiary/aromatic N) is 1. The van der Waals surface area contributed by atoms with Crippen molar-refractivity contribution in [3.63, 3.8) is 0 Å². The highest BCUT2D eigenvalue weighted by atomic mass is 16.1. The SMILES string of the molecule is Cc1cccc(-c2[nH]n(C(C)C)c(=O)c2C(C)C)c1. The summed E-state index contributed by atoms with van der Waals surface area (Å²) in [6.45, 7) is 10.2. The minimum absolute atomic E-state index is 0.0986. The van der Waals surface area contributed by atoms with Crippen LogP contribution in [-0.2, 0) is 0 Å². The van der Waals surface area contributed by atoms with Crippen LogP contribution in [0, 0.1) is 6.92 Å². The van der Waals surface area contributed by atoms with Crippen molar-refractivity contribution in [2.45, 2.75) is 46.6 Å². The maximum Gasteiger partial charge on any atom is 0.270 e. The van der Waals surface area contributed by atoms with Gasteiger partial charge in [-0.1, -0.05) is 37.6 Å². The number of nitrogens with one attached hydrogen (secondary N) is 1. The predicted octanol–water partition coefficient (Wildman–Crippen LogP) is 3.86. The minimum Gasteiger partial charge on any atom is -0.294 e. The Labute approximate surface area is 114 Å². The molecule has 3 nitrogen and oxygen atoms in total. The third-order valence-corrected chi connectivity index (χ3v) is 3.35. The molecule has 0 saturated heterocycles. The van der Waals surface area contributed by atoms with Crippen molar-refractivity contribution in [1.82, 2.24) is 9.78 Å². The molecule has 0 aliphatic rings. The Kier molecular flexibility index (Phi) is 3.65. The molecule has 19 heavy (non-hydrogen) atoms. The molecule has 1 heterocycles. The van der Waals surface area contributed by atoms with Gasteiger partial charge in [0, 0.05) is 17.2 Å². The second-order valence-electron chi connectivity index (χ2n) is 5.69. The number of benzene rings is 1. The molecule has 1 aromatic heterocycles. The van der Waals surface area contributed by atoms with Crippen LogP contribution in [0.2, 0.25) is 0 Å². The van der Waals surface area contributed by atoms with Gasteiger partial charge in [0.1, 0.15) is 0 Å². The molecule has 0 spiro atoms. The molecule has 1 aromatic carbocycles. The third-order valence-electron chi connectivity index (χ3n) is 3.35. The standard InChI is InChI=1S/C16H22N2O/c1-10(2)14-15(13-8-6-7-12(5)9-13)17-18(11(3)4)16(14)19/h6-11,17H,1-5H3. The number of hydrogen-bond acceptors (Lipinski definition) is 1. The molecule has 0 bridgehead atoms. The quantitative estimate of drug-likeness (QED) is 0.892. The Bertz CT molecular complexity index is 632. The van der Waals surface area contributed by atoms with Crippen molar-refractivity contribution in [2.24, 2.45) is 0 Å². The summed E-state index contributed by atoms with van der Waals surface area (Å²) in [5.74, 6) is 0.208. The number of aromatic amines is 1. The number of aromatic nitrogens is 2. The summed E-state index contributed by atoms with van der Waals surface area (Å²) in [6, 6.07) is 8.40. The summed E-state index contributed by atoms with van der Waals surface area (Å²) < 4.78 is 1.72. The van der Waals surface area contributed by atoms with Crippen LogP contribution in [0.5, 0.6) is 0 Å². The van der Waals surface area contributed by atoms with E-state index in [9.17, 15) is 4.79 Å². The van der Waals surface area contributed by atoms with Crippen LogP contribution in [0.4, 0.5) is 0 Å². The van der Waals surface area contributed by atoms with Gasteiger partial charge in [0.2, 0.25) is 0 Å². The second-order valence-corrected chi connectivity index (χ2v) is 5.69. The molecular formula is C16H22N2O. The molecule has 0 saturated carbocycles. The van der Waals surface area contributed by atoms with E-state index in [4.69, 9.17) is 0 Å². The fourth-order valence-corrected chi connectivity index (χ4v) is 2.39. The van der Waals surface area contributed by atoms with Gasteiger partial charge in [-0.3, -0.25) is 9.89 Å². The Morgan fingerprint density at radius 2 is 1.84 bits per heavy atom. The van der Waals surface area contributed by atoms with Gasteiger partial charge in [-0.05, 0) is 32.8 Å². The monoisotopic (exact) mass is 258 g/mol. The zero-order valence-electron chi connectivity index (χ0n) is 12.3. The summed E-state index contributed by atoms with van der Waals surface area (Å²) in [6.07, 6.45) is 0. The van der Waals surface area contributed by atoms with Crippen molar-refractivity contribution in [2.75, 3.05) is 0 Å². The molecular weight excluding hydrogens is 236 g/mol. The summed E-state index contributed by atoms with van der Waals surface area (Å²) >= 11 is 0. The smallest absolute Gasteiger partial charge is 0.270 e.